The van der Waals surface area contributed by atoms with E-state index in [1.165, 1.54) is 12.1 Å². The summed E-state index contributed by atoms with van der Waals surface area (Å²) in [5, 5.41) is 3.36. The van der Waals surface area contributed by atoms with E-state index in [2.05, 4.69) is 5.32 Å². The summed E-state index contributed by atoms with van der Waals surface area (Å²) in [4.78, 5) is 0. The van der Waals surface area contributed by atoms with Crippen molar-refractivity contribution >= 4 is 0 Å². The fraction of sp³-hybridized carbons (Fsp3) is 0.400. The van der Waals surface area contributed by atoms with E-state index in [1.54, 1.807) is 26.0 Å². The van der Waals surface area contributed by atoms with Crippen molar-refractivity contribution in [3.63, 3.8) is 0 Å². The van der Waals surface area contributed by atoms with E-state index in [9.17, 15) is 8.78 Å². The highest BCUT2D eigenvalue weighted by atomic mass is 19.1. The summed E-state index contributed by atoms with van der Waals surface area (Å²) in [6.45, 7) is 5.29. The van der Waals surface area contributed by atoms with Gasteiger partial charge in [-0.1, -0.05) is 24.3 Å². The molecule has 0 saturated carbocycles. The van der Waals surface area contributed by atoms with Crippen LogP contribution in [0.2, 0.25) is 0 Å². The molecular weight excluding hydrogens is 324 g/mol. The highest BCUT2D eigenvalue weighted by molar-refractivity contribution is 5.30. The Morgan fingerprint density at radius 1 is 1.12 bits per heavy atom. The molecule has 2 aromatic carbocycles. The van der Waals surface area contributed by atoms with Crippen LogP contribution in [0.1, 0.15) is 28.3 Å². The largest absolute Gasteiger partial charge is 0.350 e. The van der Waals surface area contributed by atoms with Gasteiger partial charge in [-0.3, -0.25) is 0 Å². The summed E-state index contributed by atoms with van der Waals surface area (Å²) in [5.41, 5.74) is 3.27. The lowest BCUT2D eigenvalue weighted by Crippen LogP contribution is -2.43. The number of nitrogens with one attached hydrogen (secondary N) is 1. The summed E-state index contributed by atoms with van der Waals surface area (Å²) in [7, 11) is 0. The second-order valence-electron chi connectivity index (χ2n) is 6.39. The van der Waals surface area contributed by atoms with E-state index < -0.39 is 6.29 Å². The van der Waals surface area contributed by atoms with E-state index >= 15 is 0 Å². The zero-order valence-electron chi connectivity index (χ0n) is 14.5. The van der Waals surface area contributed by atoms with Gasteiger partial charge in [0.05, 0.1) is 19.3 Å². The van der Waals surface area contributed by atoms with E-state index in [0.29, 0.717) is 30.8 Å². The Balaban J connectivity index is 1.61. The topological polar surface area (TPSA) is 30.5 Å². The molecule has 1 aliphatic heterocycles. The molecular formula is C20H23F2NO2. The van der Waals surface area contributed by atoms with Gasteiger partial charge in [0, 0.05) is 6.54 Å². The van der Waals surface area contributed by atoms with Crippen LogP contribution in [0, 0.1) is 25.5 Å². The van der Waals surface area contributed by atoms with Crippen LogP contribution in [0.25, 0.3) is 0 Å². The van der Waals surface area contributed by atoms with Crippen LogP contribution in [0.15, 0.2) is 36.4 Å². The zero-order chi connectivity index (χ0) is 17.8. The number of hydrogen-bond acceptors (Lipinski definition) is 3. The highest BCUT2D eigenvalue weighted by Gasteiger charge is 2.27. The van der Waals surface area contributed by atoms with Crippen LogP contribution in [-0.4, -0.2) is 26.0 Å². The lowest BCUT2D eigenvalue weighted by Gasteiger charge is -2.33. The summed E-state index contributed by atoms with van der Waals surface area (Å²) < 4.78 is 38.5. The van der Waals surface area contributed by atoms with Crippen LogP contribution in [0.5, 0.6) is 0 Å². The molecule has 1 aliphatic rings. The number of ether oxygens (including phenoxy) is 2. The second-order valence-corrected chi connectivity index (χ2v) is 6.39. The quantitative estimate of drug-likeness (QED) is 0.892. The first-order chi connectivity index (χ1) is 12.0. The third-order valence-corrected chi connectivity index (χ3v) is 4.42. The lowest BCUT2D eigenvalue weighted by atomic mass is 10.0. The van der Waals surface area contributed by atoms with Crippen molar-refractivity contribution in [2.24, 2.45) is 0 Å². The lowest BCUT2D eigenvalue weighted by molar-refractivity contribution is -0.176. The molecule has 134 valence electrons. The van der Waals surface area contributed by atoms with Crippen LogP contribution < -0.4 is 5.32 Å². The number of halogens is 2. The van der Waals surface area contributed by atoms with Gasteiger partial charge in [0.2, 0.25) is 0 Å². The van der Waals surface area contributed by atoms with Gasteiger partial charge in [0.25, 0.3) is 0 Å². The van der Waals surface area contributed by atoms with Crippen molar-refractivity contribution in [2.75, 3.05) is 19.8 Å². The molecule has 1 heterocycles. The highest BCUT2D eigenvalue weighted by Crippen LogP contribution is 2.24. The Morgan fingerprint density at radius 3 is 2.48 bits per heavy atom. The minimum Gasteiger partial charge on any atom is -0.350 e. The van der Waals surface area contributed by atoms with Gasteiger partial charge < -0.3 is 14.8 Å². The first-order valence-corrected chi connectivity index (χ1v) is 8.52. The Morgan fingerprint density at radius 2 is 1.80 bits per heavy atom. The number of morpholine rings is 1. The maximum absolute atomic E-state index is 13.7. The summed E-state index contributed by atoms with van der Waals surface area (Å²) in [6.07, 6.45) is 0.250. The average Bonchev–Trinajstić information content (AvgIpc) is 2.61. The van der Waals surface area contributed by atoms with Crippen molar-refractivity contribution in [1.82, 2.24) is 5.32 Å². The standard InChI is InChI=1S/C20H23F2NO2/c1-13-11-15(12-14(2)18(13)22)7-9-24-20-19(23-8-10-25-20)16-3-5-17(21)6-4-16/h3-6,11-12,19-20,23H,7-10H2,1-2H3/t19-,20+/m0/s1. The van der Waals surface area contributed by atoms with Gasteiger partial charge in [-0.15, -0.1) is 0 Å². The molecule has 0 aromatic heterocycles. The fourth-order valence-corrected chi connectivity index (χ4v) is 3.14. The minimum absolute atomic E-state index is 0.133. The predicted molar refractivity (Wildman–Crippen MR) is 92.4 cm³/mol. The number of rotatable bonds is 5. The van der Waals surface area contributed by atoms with Crippen molar-refractivity contribution in [3.05, 3.63) is 70.3 Å². The maximum Gasteiger partial charge on any atom is 0.176 e. The van der Waals surface area contributed by atoms with Crippen molar-refractivity contribution in [1.29, 1.82) is 0 Å². The molecule has 25 heavy (non-hydrogen) atoms. The predicted octanol–water partition coefficient (Wildman–Crippen LogP) is 3.83. The SMILES string of the molecule is Cc1cc(CCO[C@@H]2OCCN[C@H]2c2ccc(F)cc2)cc(C)c1F. The van der Waals surface area contributed by atoms with Crippen LogP contribution in [0.4, 0.5) is 8.78 Å². The number of aryl methyl sites for hydroxylation is 2. The molecule has 3 nitrogen and oxygen atoms in total. The maximum atomic E-state index is 13.7. The van der Waals surface area contributed by atoms with E-state index in [1.807, 2.05) is 12.1 Å². The molecule has 0 spiro atoms. The molecule has 5 heteroatoms. The van der Waals surface area contributed by atoms with Crippen molar-refractivity contribution in [2.45, 2.75) is 32.6 Å². The minimum atomic E-state index is -0.429. The molecule has 0 aliphatic carbocycles. The summed E-state index contributed by atoms with van der Waals surface area (Å²) in [6, 6.07) is 9.92. The van der Waals surface area contributed by atoms with Crippen molar-refractivity contribution in [3.8, 4) is 0 Å². The first kappa shape index (κ1) is 18.0. The zero-order valence-corrected chi connectivity index (χ0v) is 14.5. The van der Waals surface area contributed by atoms with E-state index in [-0.39, 0.29) is 17.7 Å². The van der Waals surface area contributed by atoms with Gasteiger partial charge in [-0.2, -0.15) is 0 Å². The number of benzene rings is 2. The normalized spacial score (nSPS) is 20.6. The van der Waals surface area contributed by atoms with Gasteiger partial charge >= 0.3 is 0 Å². The Bertz CT molecular complexity index is 695. The van der Waals surface area contributed by atoms with Gasteiger partial charge in [-0.05, 0) is 54.7 Å². The molecule has 0 bridgehead atoms. The Hall–Kier alpha value is -1.82. The Labute approximate surface area is 147 Å². The fourth-order valence-electron chi connectivity index (χ4n) is 3.14. The molecule has 1 saturated heterocycles. The third kappa shape index (κ3) is 4.42. The van der Waals surface area contributed by atoms with Crippen LogP contribution in [0.3, 0.4) is 0 Å². The second kappa shape index (κ2) is 8.04. The van der Waals surface area contributed by atoms with E-state index in [4.69, 9.17) is 9.47 Å². The molecule has 1 N–H and O–H groups in total. The molecule has 2 aromatic rings. The summed E-state index contributed by atoms with van der Waals surface area (Å²) >= 11 is 0. The smallest absolute Gasteiger partial charge is 0.176 e. The van der Waals surface area contributed by atoms with E-state index in [0.717, 1.165) is 17.7 Å². The van der Waals surface area contributed by atoms with Crippen LogP contribution in [-0.2, 0) is 15.9 Å². The Kier molecular flexibility index (Phi) is 5.78. The molecule has 0 amide bonds. The van der Waals surface area contributed by atoms with Gasteiger partial charge in [0.1, 0.15) is 11.6 Å². The molecule has 0 radical (unpaired) electrons. The molecule has 1 fully saturated rings. The molecule has 0 unspecified atom stereocenters. The van der Waals surface area contributed by atoms with Crippen molar-refractivity contribution < 1.29 is 18.3 Å². The first-order valence-electron chi connectivity index (χ1n) is 8.52. The summed E-state index contributed by atoms with van der Waals surface area (Å²) in [5.74, 6) is -0.416. The molecule has 2 atom stereocenters. The van der Waals surface area contributed by atoms with Crippen LogP contribution >= 0.6 is 0 Å². The third-order valence-electron chi connectivity index (χ3n) is 4.42. The average molecular weight is 347 g/mol. The van der Waals surface area contributed by atoms with Gasteiger partial charge in [0.15, 0.2) is 6.29 Å². The van der Waals surface area contributed by atoms with Gasteiger partial charge in [-0.25, -0.2) is 8.78 Å². The molecule has 3 rings (SSSR count). The monoisotopic (exact) mass is 347 g/mol. The number of hydrogen-bond donors (Lipinski definition) is 1.